The average Bonchev–Trinajstić information content (AvgIpc) is 1.10. The average molecular weight is 1370 g/mol. The Labute approximate surface area is 629 Å². The van der Waals surface area contributed by atoms with Crippen molar-refractivity contribution < 1.29 is 0 Å². The fraction of sp³-hybridized carbons (Fsp3) is 0.126. The third kappa shape index (κ3) is 9.74. The highest BCUT2D eigenvalue weighted by molar-refractivity contribution is 7.00. The minimum Gasteiger partial charge on any atom is -0.310 e. The zero-order chi connectivity index (χ0) is 72.4. The summed E-state index contributed by atoms with van der Waals surface area (Å²) in [5, 5.41) is 2.52. The van der Waals surface area contributed by atoms with E-state index in [1.807, 2.05) is 0 Å². The van der Waals surface area contributed by atoms with Crippen molar-refractivity contribution >= 4 is 79.0 Å². The summed E-state index contributed by atoms with van der Waals surface area (Å²) < 4.78 is 2.61. The Kier molecular flexibility index (Phi) is 14.4. The molecule has 0 atom stereocenters. The van der Waals surface area contributed by atoms with E-state index in [0.29, 0.717) is 0 Å². The summed E-state index contributed by atoms with van der Waals surface area (Å²) in [5.74, 6) is 0. The fourth-order valence-corrected chi connectivity index (χ4v) is 18.7. The van der Waals surface area contributed by atoms with E-state index in [4.69, 9.17) is 0 Å². The van der Waals surface area contributed by atoms with Gasteiger partial charge in [-0.05, 0) is 194 Å². The van der Waals surface area contributed by atoms with Crippen LogP contribution in [0.1, 0.15) is 101 Å². The summed E-state index contributed by atoms with van der Waals surface area (Å²) in [4.78, 5) is 5.47. The molecule has 0 N–H and O–H groups in total. The molecule has 0 saturated carbocycles. The summed E-state index contributed by atoms with van der Waals surface area (Å²) in [7, 11) is 0. The van der Waals surface area contributed by atoms with Gasteiger partial charge < -0.3 is 14.4 Å². The zero-order valence-corrected chi connectivity index (χ0v) is 62.2. The van der Waals surface area contributed by atoms with Gasteiger partial charge in [0.2, 0.25) is 0 Å². The molecule has 2 aliphatic heterocycles. The van der Waals surface area contributed by atoms with Gasteiger partial charge in [0.1, 0.15) is 0 Å². The van der Waals surface area contributed by atoms with E-state index in [-0.39, 0.29) is 23.0 Å². The monoisotopic (exact) mass is 1370 g/mol. The van der Waals surface area contributed by atoms with Crippen LogP contribution in [0.4, 0.5) is 34.1 Å². The summed E-state index contributed by atoms with van der Waals surface area (Å²) >= 11 is 0. The van der Waals surface area contributed by atoms with Crippen LogP contribution in [0.3, 0.4) is 0 Å². The predicted octanol–water partition coefficient (Wildman–Crippen LogP) is 25.4. The maximum Gasteiger partial charge on any atom is 0.252 e. The molecule has 15 aromatic carbocycles. The van der Waals surface area contributed by atoms with Crippen LogP contribution in [0, 0.1) is 0 Å². The molecule has 0 bridgehead atoms. The molecular weight excluding hydrogens is 1290 g/mol. The molecule has 107 heavy (non-hydrogen) atoms. The van der Waals surface area contributed by atoms with Crippen LogP contribution in [-0.4, -0.2) is 11.3 Å². The summed E-state index contributed by atoms with van der Waals surface area (Å²) in [6.07, 6.45) is 0. The number of hydrogen-bond donors (Lipinski definition) is 0. The van der Waals surface area contributed by atoms with Crippen molar-refractivity contribution in [1.82, 2.24) is 4.57 Å². The minimum atomic E-state index is -0.563. The van der Waals surface area contributed by atoms with Crippen LogP contribution < -0.4 is 26.2 Å². The van der Waals surface area contributed by atoms with Crippen LogP contribution >= 0.6 is 0 Å². The van der Waals surface area contributed by atoms with Crippen LogP contribution in [0.25, 0.3) is 105 Å². The molecule has 0 fully saturated rings. The Morgan fingerprint density at radius 1 is 0.271 bits per heavy atom. The smallest absolute Gasteiger partial charge is 0.252 e. The van der Waals surface area contributed by atoms with Crippen molar-refractivity contribution in [1.29, 1.82) is 0 Å². The molecule has 4 aliphatic rings. The first-order valence-electron chi connectivity index (χ1n) is 38.1. The van der Waals surface area contributed by atoms with Crippen molar-refractivity contribution in [3.63, 3.8) is 0 Å². The standard InChI is InChI=1S/C103H82BN3/c1-100(2,3)71-58-80(66-35-17-11-18-36-66)98(81(59-71)67-37-19-12-20-38-67)106-90-55-51-70(65-33-15-10-16-34-65)57-88(90)104-87-54-52-74(105-89-50-32-28-46-79(89)95-91(105)56-53-78-77-45-27-31-49-86(77)103(96(78)95)84-47-29-25-43-75(84)76-44-26-30-48-85(76)103)64-92(87)107(94-63-73(102(7,8)9)62-93(106)97(94)104)99-82(68-39-21-13-22-40-68)60-72(101(4,5)6)61-83(99)69-41-23-14-24-42-69/h10-64H,1-9H3. The molecule has 3 heterocycles. The van der Waals surface area contributed by atoms with Gasteiger partial charge in [0.15, 0.2) is 0 Å². The Bertz CT molecular complexity index is 6120. The molecule has 3 nitrogen and oxygen atoms in total. The van der Waals surface area contributed by atoms with Gasteiger partial charge in [0, 0.05) is 61.5 Å². The van der Waals surface area contributed by atoms with Gasteiger partial charge in [0.25, 0.3) is 6.71 Å². The van der Waals surface area contributed by atoms with E-state index < -0.39 is 5.41 Å². The van der Waals surface area contributed by atoms with Gasteiger partial charge in [-0.3, -0.25) is 0 Å². The number of rotatable bonds is 8. The lowest BCUT2D eigenvalue weighted by atomic mass is 9.33. The van der Waals surface area contributed by atoms with Gasteiger partial charge in [-0.1, -0.05) is 329 Å². The Balaban J connectivity index is 0.949. The fourth-order valence-electron chi connectivity index (χ4n) is 18.7. The molecule has 2 aliphatic carbocycles. The number of fused-ring (bicyclic) bond motifs is 18. The second-order valence-corrected chi connectivity index (χ2v) is 33.1. The van der Waals surface area contributed by atoms with Crippen LogP contribution in [-0.2, 0) is 21.7 Å². The molecule has 1 spiro atoms. The maximum atomic E-state index is 2.76. The lowest BCUT2D eigenvalue weighted by molar-refractivity contribution is 0.590. The second-order valence-electron chi connectivity index (χ2n) is 33.1. The van der Waals surface area contributed by atoms with Crippen molar-refractivity contribution in [3.8, 4) is 83.6 Å². The van der Waals surface area contributed by atoms with Crippen LogP contribution in [0.15, 0.2) is 334 Å². The SMILES string of the molecule is CC(C)(C)c1cc(-c2ccccc2)c(N2c3ccc(-c4ccccc4)cc3B3c4ccc(-n5c6ccccc6c6c7c(ccc65)-c5ccccc5C75c6ccccc6-c6ccccc65)cc4N(c4c(-c5ccccc5)cc(C(C)(C)C)cc4-c4ccccc4)c4cc(C(C)(C)C)cc2c43)c(-c2ccccc2)c1. The quantitative estimate of drug-likeness (QED) is 0.141. The van der Waals surface area contributed by atoms with E-state index in [1.54, 1.807) is 0 Å². The highest BCUT2D eigenvalue weighted by Gasteiger charge is 2.53. The first kappa shape index (κ1) is 64.4. The van der Waals surface area contributed by atoms with Gasteiger partial charge in [-0.25, -0.2) is 0 Å². The molecule has 512 valence electrons. The molecule has 16 aromatic rings. The largest absolute Gasteiger partial charge is 0.310 e. The molecular formula is C103H82BN3. The lowest BCUT2D eigenvalue weighted by Gasteiger charge is -2.47. The summed E-state index contributed by atoms with van der Waals surface area (Å²) in [6.45, 7) is 21.1. The van der Waals surface area contributed by atoms with E-state index in [0.717, 1.165) is 50.8 Å². The third-order valence-corrected chi connectivity index (χ3v) is 23.8. The number of nitrogens with zero attached hydrogens (tertiary/aromatic N) is 3. The first-order chi connectivity index (χ1) is 52.0. The van der Waals surface area contributed by atoms with Crippen molar-refractivity contribution in [2.24, 2.45) is 0 Å². The molecule has 20 rings (SSSR count). The van der Waals surface area contributed by atoms with E-state index in [2.05, 4.69) is 410 Å². The Morgan fingerprint density at radius 2 is 0.673 bits per heavy atom. The van der Waals surface area contributed by atoms with Crippen molar-refractivity contribution in [3.05, 3.63) is 373 Å². The Morgan fingerprint density at radius 3 is 1.14 bits per heavy atom. The van der Waals surface area contributed by atoms with E-state index in [9.17, 15) is 0 Å². The minimum absolute atomic E-state index is 0.174. The van der Waals surface area contributed by atoms with Gasteiger partial charge >= 0.3 is 0 Å². The number of aromatic nitrogens is 1. The van der Waals surface area contributed by atoms with Gasteiger partial charge in [-0.15, -0.1) is 0 Å². The van der Waals surface area contributed by atoms with Crippen molar-refractivity contribution in [2.45, 2.75) is 84.0 Å². The summed E-state index contributed by atoms with van der Waals surface area (Å²) in [5.41, 5.74) is 38.9. The maximum absolute atomic E-state index is 2.76. The molecule has 0 unspecified atom stereocenters. The first-order valence-corrected chi connectivity index (χ1v) is 38.1. The highest BCUT2D eigenvalue weighted by Crippen LogP contribution is 2.65. The van der Waals surface area contributed by atoms with Crippen LogP contribution in [0.5, 0.6) is 0 Å². The topological polar surface area (TPSA) is 11.4 Å². The molecule has 0 radical (unpaired) electrons. The van der Waals surface area contributed by atoms with E-state index in [1.165, 1.54) is 144 Å². The van der Waals surface area contributed by atoms with Crippen molar-refractivity contribution in [2.75, 3.05) is 9.80 Å². The zero-order valence-electron chi connectivity index (χ0n) is 62.2. The van der Waals surface area contributed by atoms with Gasteiger partial charge in [0.05, 0.1) is 27.8 Å². The van der Waals surface area contributed by atoms with Crippen LogP contribution in [0.2, 0.25) is 0 Å². The normalized spacial score (nSPS) is 13.7. The lowest BCUT2D eigenvalue weighted by Crippen LogP contribution is -2.61. The molecule has 1 aromatic heterocycles. The number of para-hydroxylation sites is 1. The predicted molar refractivity (Wildman–Crippen MR) is 454 cm³/mol. The molecule has 0 amide bonds. The number of anilines is 6. The van der Waals surface area contributed by atoms with E-state index >= 15 is 0 Å². The third-order valence-electron chi connectivity index (χ3n) is 23.8. The number of hydrogen-bond acceptors (Lipinski definition) is 2. The summed E-state index contributed by atoms with van der Waals surface area (Å²) in [6, 6.07) is 128. The molecule has 0 saturated heterocycles. The molecule has 4 heteroatoms. The van der Waals surface area contributed by atoms with Gasteiger partial charge in [-0.2, -0.15) is 0 Å². The second kappa shape index (κ2) is 23.9. The number of benzene rings is 15. The Hall–Kier alpha value is -12.2. The highest BCUT2D eigenvalue weighted by atomic mass is 15.2.